The first-order valence-electron chi connectivity index (χ1n) is 5.79. The number of benzene rings is 1. The van der Waals surface area contributed by atoms with E-state index in [9.17, 15) is 19.7 Å². The lowest BCUT2D eigenvalue weighted by Crippen LogP contribution is -2.44. The molecular weight excluding hydrogens is 248 g/mol. The maximum absolute atomic E-state index is 12.2. The summed E-state index contributed by atoms with van der Waals surface area (Å²) in [6.07, 6.45) is 3.71. The summed E-state index contributed by atoms with van der Waals surface area (Å²) in [5.41, 5.74) is 0.176. The number of carbonyl (C=O) groups excluding carboxylic acids is 2. The number of nitrogens with zero attached hydrogens (tertiary/aromatic N) is 2. The first-order chi connectivity index (χ1) is 9.00. The summed E-state index contributed by atoms with van der Waals surface area (Å²) < 4.78 is 0. The number of amides is 2. The highest BCUT2D eigenvalue weighted by molar-refractivity contribution is 6.08. The lowest BCUT2D eigenvalue weighted by atomic mass is 10.1. The topological polar surface area (TPSA) is 80.5 Å². The zero-order valence-electron chi connectivity index (χ0n) is 10.3. The molecular formula is C13H12N2O4. The number of nitro groups is 1. The normalized spacial score (nSPS) is 18.5. The maximum atomic E-state index is 12.2. The SMILES string of the molecule is C[C@H]1CC=CC(=O)N1C(=O)c1ccc([N+](=O)[O-])cc1. The van der Waals surface area contributed by atoms with Crippen LogP contribution in [0.2, 0.25) is 0 Å². The fourth-order valence-electron chi connectivity index (χ4n) is 1.93. The Kier molecular flexibility index (Phi) is 3.41. The molecule has 0 N–H and O–H groups in total. The van der Waals surface area contributed by atoms with Crippen LogP contribution in [-0.2, 0) is 4.79 Å². The lowest BCUT2D eigenvalue weighted by Gasteiger charge is -2.28. The van der Waals surface area contributed by atoms with Crippen molar-refractivity contribution < 1.29 is 14.5 Å². The van der Waals surface area contributed by atoms with Gasteiger partial charge >= 0.3 is 0 Å². The van der Waals surface area contributed by atoms with Gasteiger partial charge in [0.1, 0.15) is 0 Å². The average molecular weight is 260 g/mol. The minimum Gasteiger partial charge on any atom is -0.272 e. The van der Waals surface area contributed by atoms with Gasteiger partial charge in [0.2, 0.25) is 0 Å². The van der Waals surface area contributed by atoms with Crippen LogP contribution in [0.25, 0.3) is 0 Å². The van der Waals surface area contributed by atoms with Crippen molar-refractivity contribution in [1.82, 2.24) is 4.90 Å². The van der Waals surface area contributed by atoms with Gasteiger partial charge in [-0.1, -0.05) is 6.08 Å². The Labute approximate surface area is 109 Å². The highest BCUT2D eigenvalue weighted by Gasteiger charge is 2.28. The molecule has 0 aliphatic carbocycles. The zero-order valence-corrected chi connectivity index (χ0v) is 10.3. The van der Waals surface area contributed by atoms with Crippen LogP contribution in [0.5, 0.6) is 0 Å². The van der Waals surface area contributed by atoms with E-state index >= 15 is 0 Å². The molecule has 0 unspecified atom stereocenters. The van der Waals surface area contributed by atoms with Gasteiger partial charge in [-0.2, -0.15) is 0 Å². The second kappa shape index (κ2) is 5.01. The molecule has 1 atom stereocenters. The van der Waals surface area contributed by atoms with Crippen LogP contribution < -0.4 is 0 Å². The van der Waals surface area contributed by atoms with Crippen molar-refractivity contribution in [3.63, 3.8) is 0 Å². The minimum atomic E-state index is -0.536. The molecule has 1 aliphatic heterocycles. The van der Waals surface area contributed by atoms with E-state index in [-0.39, 0.29) is 23.2 Å². The van der Waals surface area contributed by atoms with Crippen LogP contribution in [0.4, 0.5) is 5.69 Å². The van der Waals surface area contributed by atoms with E-state index < -0.39 is 10.8 Å². The molecule has 0 radical (unpaired) electrons. The Morgan fingerprint density at radius 2 is 2.00 bits per heavy atom. The molecule has 1 aromatic carbocycles. The van der Waals surface area contributed by atoms with E-state index in [2.05, 4.69) is 0 Å². The van der Waals surface area contributed by atoms with E-state index in [0.29, 0.717) is 6.42 Å². The van der Waals surface area contributed by atoms with Crippen molar-refractivity contribution in [2.24, 2.45) is 0 Å². The second-order valence-electron chi connectivity index (χ2n) is 4.30. The van der Waals surface area contributed by atoms with Crippen LogP contribution in [0, 0.1) is 10.1 Å². The number of hydrogen-bond donors (Lipinski definition) is 0. The van der Waals surface area contributed by atoms with Crippen molar-refractivity contribution >= 4 is 17.5 Å². The summed E-state index contributed by atoms with van der Waals surface area (Å²) in [6.45, 7) is 1.78. The highest BCUT2D eigenvalue weighted by Crippen LogP contribution is 2.18. The molecule has 1 aliphatic rings. The van der Waals surface area contributed by atoms with E-state index in [1.165, 1.54) is 35.2 Å². The van der Waals surface area contributed by atoms with Crippen LogP contribution in [-0.4, -0.2) is 27.7 Å². The number of non-ortho nitro benzene ring substituents is 1. The standard InChI is InChI=1S/C13H12N2O4/c1-9-3-2-4-12(16)14(9)13(17)10-5-7-11(8-6-10)15(18)19/h2,4-9H,3H2,1H3/t9-/m0/s1. The van der Waals surface area contributed by atoms with E-state index in [0.717, 1.165) is 0 Å². The van der Waals surface area contributed by atoms with Gasteiger partial charge in [0.15, 0.2) is 0 Å². The Bertz CT molecular complexity index is 563. The Morgan fingerprint density at radius 3 is 2.53 bits per heavy atom. The van der Waals surface area contributed by atoms with Gasteiger partial charge in [-0.05, 0) is 31.6 Å². The number of rotatable bonds is 2. The van der Waals surface area contributed by atoms with Gasteiger partial charge in [0.25, 0.3) is 17.5 Å². The predicted molar refractivity (Wildman–Crippen MR) is 67.5 cm³/mol. The molecule has 0 aromatic heterocycles. The van der Waals surface area contributed by atoms with Crippen molar-refractivity contribution in [3.8, 4) is 0 Å². The third-order valence-corrected chi connectivity index (χ3v) is 2.96. The zero-order chi connectivity index (χ0) is 14.0. The number of carbonyl (C=O) groups is 2. The third-order valence-electron chi connectivity index (χ3n) is 2.96. The molecule has 6 nitrogen and oxygen atoms in total. The number of imide groups is 1. The predicted octanol–water partition coefficient (Wildman–Crippen LogP) is 1.91. The van der Waals surface area contributed by atoms with E-state index in [1.54, 1.807) is 13.0 Å². The van der Waals surface area contributed by atoms with Gasteiger partial charge in [0, 0.05) is 23.7 Å². The summed E-state index contributed by atoms with van der Waals surface area (Å²) in [6, 6.07) is 5.02. The summed E-state index contributed by atoms with van der Waals surface area (Å²) in [5, 5.41) is 10.5. The van der Waals surface area contributed by atoms with Gasteiger partial charge in [-0.3, -0.25) is 24.6 Å². The van der Waals surface area contributed by atoms with Gasteiger partial charge in [0.05, 0.1) is 4.92 Å². The van der Waals surface area contributed by atoms with Crippen LogP contribution in [0.1, 0.15) is 23.7 Å². The third kappa shape index (κ3) is 2.52. The molecule has 6 heteroatoms. The van der Waals surface area contributed by atoms with Crippen LogP contribution >= 0.6 is 0 Å². The monoisotopic (exact) mass is 260 g/mol. The molecule has 0 saturated carbocycles. The summed E-state index contributed by atoms with van der Waals surface area (Å²) in [5.74, 6) is -0.793. The maximum Gasteiger partial charge on any atom is 0.269 e. The fraction of sp³-hybridized carbons (Fsp3) is 0.231. The van der Waals surface area contributed by atoms with Crippen molar-refractivity contribution in [3.05, 3.63) is 52.1 Å². The highest BCUT2D eigenvalue weighted by atomic mass is 16.6. The summed E-state index contributed by atoms with van der Waals surface area (Å²) in [7, 11) is 0. The molecule has 0 bridgehead atoms. The lowest BCUT2D eigenvalue weighted by molar-refractivity contribution is -0.384. The summed E-state index contributed by atoms with van der Waals surface area (Å²) in [4.78, 5) is 35.1. The second-order valence-corrected chi connectivity index (χ2v) is 4.30. The first kappa shape index (κ1) is 12.9. The Balaban J connectivity index is 2.26. The van der Waals surface area contributed by atoms with Gasteiger partial charge in [-0.15, -0.1) is 0 Å². The number of nitro benzene ring substituents is 1. The molecule has 0 spiro atoms. The number of hydrogen-bond acceptors (Lipinski definition) is 4. The summed E-state index contributed by atoms with van der Waals surface area (Å²) >= 11 is 0. The quantitative estimate of drug-likeness (QED) is 0.462. The van der Waals surface area contributed by atoms with Crippen molar-refractivity contribution in [1.29, 1.82) is 0 Å². The molecule has 2 amide bonds. The molecule has 98 valence electrons. The van der Waals surface area contributed by atoms with Gasteiger partial charge < -0.3 is 0 Å². The van der Waals surface area contributed by atoms with Crippen molar-refractivity contribution in [2.75, 3.05) is 0 Å². The smallest absolute Gasteiger partial charge is 0.269 e. The Morgan fingerprint density at radius 1 is 1.37 bits per heavy atom. The van der Waals surface area contributed by atoms with E-state index in [1.807, 2.05) is 0 Å². The minimum absolute atomic E-state index is 0.0885. The molecule has 19 heavy (non-hydrogen) atoms. The average Bonchev–Trinajstić information content (AvgIpc) is 2.38. The first-order valence-corrected chi connectivity index (χ1v) is 5.79. The fourth-order valence-corrected chi connectivity index (χ4v) is 1.93. The van der Waals surface area contributed by atoms with Crippen LogP contribution in [0.15, 0.2) is 36.4 Å². The molecule has 0 saturated heterocycles. The van der Waals surface area contributed by atoms with Gasteiger partial charge in [-0.25, -0.2) is 0 Å². The Hall–Kier alpha value is -2.50. The molecule has 1 aromatic rings. The van der Waals surface area contributed by atoms with Crippen molar-refractivity contribution in [2.45, 2.75) is 19.4 Å². The van der Waals surface area contributed by atoms with Crippen LogP contribution in [0.3, 0.4) is 0 Å². The largest absolute Gasteiger partial charge is 0.272 e. The molecule has 1 heterocycles. The van der Waals surface area contributed by atoms with E-state index in [4.69, 9.17) is 0 Å². The molecule has 0 fully saturated rings. The molecule has 2 rings (SSSR count).